The van der Waals surface area contributed by atoms with E-state index in [4.69, 9.17) is 25.0 Å². The van der Waals surface area contributed by atoms with Crippen molar-refractivity contribution < 1.29 is 19.0 Å². The van der Waals surface area contributed by atoms with Crippen LogP contribution in [0.15, 0.2) is 36.4 Å². The van der Waals surface area contributed by atoms with Gasteiger partial charge in [-0.1, -0.05) is 13.0 Å². The smallest absolute Gasteiger partial charge is 0.255 e. The van der Waals surface area contributed by atoms with Crippen LogP contribution in [0, 0.1) is 0 Å². The fraction of sp³-hybridized carbons (Fsp3) is 0.333. The number of hydrogen-bond donors (Lipinski definition) is 2. The van der Waals surface area contributed by atoms with Gasteiger partial charge in [0.25, 0.3) is 5.91 Å². The number of anilines is 2. The van der Waals surface area contributed by atoms with Gasteiger partial charge in [0.1, 0.15) is 5.75 Å². The maximum absolute atomic E-state index is 11.2. The normalized spacial score (nSPS) is 11.6. The molecule has 0 saturated heterocycles. The summed E-state index contributed by atoms with van der Waals surface area (Å²) in [5, 5.41) is 8.13. The molecule has 3 N–H and O–H groups in total. The molecular formula is C24H28N4O4. The van der Waals surface area contributed by atoms with Crippen LogP contribution in [-0.4, -0.2) is 35.5 Å². The van der Waals surface area contributed by atoms with Gasteiger partial charge in [-0.25, -0.2) is 0 Å². The van der Waals surface area contributed by atoms with Gasteiger partial charge in [-0.05, 0) is 43.2 Å². The molecule has 1 amide bonds. The minimum absolute atomic E-state index is 0.196. The highest BCUT2D eigenvalue weighted by Crippen LogP contribution is 2.45. The molecule has 8 heteroatoms. The van der Waals surface area contributed by atoms with E-state index in [0.29, 0.717) is 31.1 Å². The summed E-state index contributed by atoms with van der Waals surface area (Å²) in [5.41, 5.74) is 10.4. The number of rotatable bonds is 10. The van der Waals surface area contributed by atoms with Gasteiger partial charge in [0.05, 0.1) is 18.9 Å². The number of hydrogen-bond acceptors (Lipinski definition) is 6. The number of fused-ring (bicyclic) bond motifs is 3. The Morgan fingerprint density at radius 2 is 1.97 bits per heavy atom. The lowest BCUT2D eigenvalue weighted by atomic mass is 10.1. The van der Waals surface area contributed by atoms with E-state index in [1.165, 1.54) is 0 Å². The second kappa shape index (κ2) is 9.21. The molecule has 1 aliphatic carbocycles. The van der Waals surface area contributed by atoms with Crippen LogP contribution in [0.5, 0.6) is 17.2 Å². The molecule has 1 heterocycles. The molecule has 0 saturated carbocycles. The SMILES string of the molecule is CCCOc1cc2c(cc1OCC(N)=O)Cc1c(Nc3cccc(OCC)c3)nn(C)c1-2. The first kappa shape index (κ1) is 21.5. The summed E-state index contributed by atoms with van der Waals surface area (Å²) in [4.78, 5) is 11.2. The lowest BCUT2D eigenvalue weighted by Crippen LogP contribution is -2.20. The molecule has 1 aromatic heterocycles. The Balaban J connectivity index is 1.66. The Hall–Kier alpha value is -3.68. The number of carbonyl (C=O) groups excluding carboxylic acids is 1. The minimum Gasteiger partial charge on any atom is -0.494 e. The Labute approximate surface area is 187 Å². The van der Waals surface area contributed by atoms with E-state index < -0.39 is 5.91 Å². The number of nitrogens with one attached hydrogen (secondary N) is 1. The van der Waals surface area contributed by atoms with Crippen LogP contribution >= 0.6 is 0 Å². The van der Waals surface area contributed by atoms with Gasteiger partial charge in [-0.2, -0.15) is 5.10 Å². The molecule has 3 aromatic rings. The van der Waals surface area contributed by atoms with Crippen molar-refractivity contribution in [2.45, 2.75) is 26.7 Å². The van der Waals surface area contributed by atoms with E-state index in [1.807, 2.05) is 62.0 Å². The van der Waals surface area contributed by atoms with Crippen LogP contribution < -0.4 is 25.3 Å². The first-order chi connectivity index (χ1) is 15.5. The second-order valence-corrected chi connectivity index (χ2v) is 7.62. The van der Waals surface area contributed by atoms with E-state index in [2.05, 4.69) is 5.32 Å². The number of aromatic nitrogens is 2. The van der Waals surface area contributed by atoms with Crippen molar-refractivity contribution in [2.24, 2.45) is 12.8 Å². The topological polar surface area (TPSA) is 101 Å². The van der Waals surface area contributed by atoms with Crippen molar-refractivity contribution in [3.05, 3.63) is 47.5 Å². The summed E-state index contributed by atoms with van der Waals surface area (Å²) >= 11 is 0. The molecule has 32 heavy (non-hydrogen) atoms. The van der Waals surface area contributed by atoms with Gasteiger partial charge in [0.15, 0.2) is 23.9 Å². The number of amides is 1. The van der Waals surface area contributed by atoms with Gasteiger partial charge < -0.3 is 25.3 Å². The Bertz CT molecular complexity index is 1140. The van der Waals surface area contributed by atoms with E-state index in [-0.39, 0.29) is 6.61 Å². The lowest BCUT2D eigenvalue weighted by molar-refractivity contribution is -0.119. The van der Waals surface area contributed by atoms with Crippen LogP contribution in [0.4, 0.5) is 11.5 Å². The van der Waals surface area contributed by atoms with Crippen molar-refractivity contribution >= 4 is 17.4 Å². The zero-order valence-electron chi connectivity index (χ0n) is 18.6. The third kappa shape index (κ3) is 4.34. The predicted molar refractivity (Wildman–Crippen MR) is 123 cm³/mol. The Morgan fingerprint density at radius 3 is 2.72 bits per heavy atom. The maximum atomic E-state index is 11.2. The largest absolute Gasteiger partial charge is 0.494 e. The number of nitrogens with two attached hydrogens (primary N) is 1. The van der Waals surface area contributed by atoms with Crippen LogP contribution in [-0.2, 0) is 18.3 Å². The van der Waals surface area contributed by atoms with Crippen molar-refractivity contribution in [1.82, 2.24) is 9.78 Å². The van der Waals surface area contributed by atoms with Crippen molar-refractivity contribution in [3.63, 3.8) is 0 Å². The average Bonchev–Trinajstić information content (AvgIpc) is 3.28. The van der Waals surface area contributed by atoms with Gasteiger partial charge in [-0.15, -0.1) is 0 Å². The van der Waals surface area contributed by atoms with Crippen LogP contribution in [0.2, 0.25) is 0 Å². The average molecular weight is 437 g/mol. The Kier molecular flexibility index (Phi) is 6.20. The van der Waals surface area contributed by atoms with Gasteiger partial charge in [-0.3, -0.25) is 9.48 Å². The van der Waals surface area contributed by atoms with Crippen molar-refractivity contribution in [2.75, 3.05) is 25.1 Å². The molecule has 0 unspecified atom stereocenters. The molecular weight excluding hydrogens is 408 g/mol. The quantitative estimate of drug-likeness (QED) is 0.392. The van der Waals surface area contributed by atoms with E-state index >= 15 is 0 Å². The number of nitrogens with zero attached hydrogens (tertiary/aromatic N) is 2. The summed E-state index contributed by atoms with van der Waals surface area (Å²) in [6.45, 7) is 4.96. The van der Waals surface area contributed by atoms with E-state index in [9.17, 15) is 4.79 Å². The summed E-state index contributed by atoms with van der Waals surface area (Å²) < 4.78 is 19.0. The summed E-state index contributed by atoms with van der Waals surface area (Å²) in [7, 11) is 1.93. The Morgan fingerprint density at radius 1 is 1.16 bits per heavy atom. The van der Waals surface area contributed by atoms with Gasteiger partial charge in [0.2, 0.25) is 0 Å². The molecule has 2 aromatic carbocycles. The van der Waals surface area contributed by atoms with Crippen LogP contribution in [0.25, 0.3) is 11.3 Å². The molecule has 0 atom stereocenters. The van der Waals surface area contributed by atoms with E-state index in [1.54, 1.807) is 0 Å². The first-order valence-corrected chi connectivity index (χ1v) is 10.8. The molecule has 0 aliphatic heterocycles. The summed E-state index contributed by atoms with van der Waals surface area (Å²) in [6, 6.07) is 11.7. The van der Waals surface area contributed by atoms with Crippen molar-refractivity contribution in [1.29, 1.82) is 0 Å². The number of benzene rings is 2. The highest BCUT2D eigenvalue weighted by Gasteiger charge is 2.29. The predicted octanol–water partition coefficient (Wildman–Crippen LogP) is 3.79. The number of aryl methyl sites for hydroxylation is 1. The molecule has 0 bridgehead atoms. The highest BCUT2D eigenvalue weighted by molar-refractivity contribution is 5.82. The summed E-state index contributed by atoms with van der Waals surface area (Å²) in [5.74, 6) is 2.20. The fourth-order valence-electron chi connectivity index (χ4n) is 3.89. The molecule has 0 spiro atoms. The van der Waals surface area contributed by atoms with Gasteiger partial charge in [0, 0.05) is 36.3 Å². The zero-order valence-corrected chi connectivity index (χ0v) is 18.6. The van der Waals surface area contributed by atoms with Crippen LogP contribution in [0.3, 0.4) is 0 Å². The standard InChI is InChI=1S/C24H28N4O4/c1-4-9-31-21-13-18-15(11-20(21)32-14-22(25)29)10-19-23(18)28(3)27-24(19)26-16-7-6-8-17(12-16)30-5-2/h6-8,11-13H,4-5,9-10,14H2,1-3H3,(H2,25,29)(H,26,27). The molecule has 8 nitrogen and oxygen atoms in total. The zero-order chi connectivity index (χ0) is 22.7. The highest BCUT2D eigenvalue weighted by atomic mass is 16.5. The molecule has 4 rings (SSSR count). The molecule has 0 radical (unpaired) electrons. The molecule has 0 fully saturated rings. The molecule has 168 valence electrons. The fourth-order valence-corrected chi connectivity index (χ4v) is 3.89. The summed E-state index contributed by atoms with van der Waals surface area (Å²) in [6.07, 6.45) is 1.55. The maximum Gasteiger partial charge on any atom is 0.255 e. The van der Waals surface area contributed by atoms with Crippen LogP contribution in [0.1, 0.15) is 31.4 Å². The number of ether oxygens (including phenoxy) is 3. The third-order valence-electron chi connectivity index (χ3n) is 5.18. The number of carbonyl (C=O) groups is 1. The van der Waals surface area contributed by atoms with Gasteiger partial charge >= 0.3 is 0 Å². The second-order valence-electron chi connectivity index (χ2n) is 7.62. The lowest BCUT2D eigenvalue weighted by Gasteiger charge is -2.14. The van der Waals surface area contributed by atoms with E-state index in [0.717, 1.165) is 46.1 Å². The van der Waals surface area contributed by atoms with Crippen molar-refractivity contribution in [3.8, 4) is 28.5 Å². The number of primary amides is 1. The third-order valence-corrected chi connectivity index (χ3v) is 5.18. The first-order valence-electron chi connectivity index (χ1n) is 10.8. The minimum atomic E-state index is -0.528. The monoisotopic (exact) mass is 436 g/mol. The molecule has 1 aliphatic rings.